The van der Waals surface area contributed by atoms with Crippen LogP contribution in [0.15, 0.2) is 34.6 Å². The highest BCUT2D eigenvalue weighted by molar-refractivity contribution is 9.10. The van der Waals surface area contributed by atoms with Gasteiger partial charge < -0.3 is 14.8 Å². The van der Waals surface area contributed by atoms with Gasteiger partial charge in [0.05, 0.1) is 26.0 Å². The Morgan fingerprint density at radius 1 is 1.33 bits per heavy atom. The molecule has 0 saturated heterocycles. The van der Waals surface area contributed by atoms with Crippen LogP contribution in [-0.4, -0.2) is 36.4 Å². The first kappa shape index (κ1) is 15.0. The van der Waals surface area contributed by atoms with Gasteiger partial charge in [-0.3, -0.25) is 5.10 Å². The van der Waals surface area contributed by atoms with Crippen LogP contribution in [-0.2, 0) is 19.1 Å². The SMILES string of the molecule is COC(=O)/C=C(/Nc1cccc2c(Br)[nH]nc12)C(=O)OC. The summed E-state index contributed by atoms with van der Waals surface area (Å²) in [6, 6.07) is 5.37. The topological polar surface area (TPSA) is 93.3 Å². The van der Waals surface area contributed by atoms with Crippen molar-refractivity contribution in [3.63, 3.8) is 0 Å². The van der Waals surface area contributed by atoms with E-state index >= 15 is 0 Å². The number of hydrogen-bond acceptors (Lipinski definition) is 6. The van der Waals surface area contributed by atoms with Crippen molar-refractivity contribution >= 4 is 44.5 Å². The molecule has 1 aromatic carbocycles. The van der Waals surface area contributed by atoms with Crippen molar-refractivity contribution in [3.05, 3.63) is 34.6 Å². The molecule has 0 radical (unpaired) electrons. The minimum Gasteiger partial charge on any atom is -0.466 e. The number of ether oxygens (including phenoxy) is 2. The highest BCUT2D eigenvalue weighted by Crippen LogP contribution is 2.27. The predicted molar refractivity (Wildman–Crippen MR) is 79.5 cm³/mol. The molecule has 0 unspecified atom stereocenters. The van der Waals surface area contributed by atoms with Crippen LogP contribution >= 0.6 is 15.9 Å². The normalized spacial score (nSPS) is 11.3. The third-order valence-corrected chi connectivity index (χ3v) is 3.28. The number of esters is 2. The van der Waals surface area contributed by atoms with Crippen molar-refractivity contribution in [2.75, 3.05) is 19.5 Å². The zero-order valence-corrected chi connectivity index (χ0v) is 12.9. The fourth-order valence-corrected chi connectivity index (χ4v) is 2.09. The van der Waals surface area contributed by atoms with Crippen molar-refractivity contribution in [1.29, 1.82) is 0 Å². The van der Waals surface area contributed by atoms with Gasteiger partial charge in [0, 0.05) is 5.39 Å². The Morgan fingerprint density at radius 3 is 2.76 bits per heavy atom. The number of benzene rings is 1. The number of para-hydroxylation sites is 1. The highest BCUT2D eigenvalue weighted by atomic mass is 79.9. The lowest BCUT2D eigenvalue weighted by Crippen LogP contribution is -2.15. The molecule has 0 spiro atoms. The monoisotopic (exact) mass is 353 g/mol. The molecule has 1 aromatic heterocycles. The number of anilines is 1. The van der Waals surface area contributed by atoms with E-state index in [4.69, 9.17) is 0 Å². The maximum absolute atomic E-state index is 11.7. The minimum atomic E-state index is -0.688. The van der Waals surface area contributed by atoms with Gasteiger partial charge in [-0.15, -0.1) is 0 Å². The Balaban J connectivity index is 2.41. The molecule has 0 aliphatic heterocycles. The Kier molecular flexibility index (Phi) is 4.59. The molecular formula is C13H12BrN3O4. The first-order chi connectivity index (χ1) is 10.1. The number of nitrogens with zero attached hydrogens (tertiary/aromatic N) is 1. The van der Waals surface area contributed by atoms with E-state index in [-0.39, 0.29) is 5.70 Å². The largest absolute Gasteiger partial charge is 0.466 e. The van der Waals surface area contributed by atoms with Gasteiger partial charge in [-0.2, -0.15) is 5.10 Å². The average Bonchev–Trinajstić information content (AvgIpc) is 2.88. The Labute approximate surface area is 128 Å². The van der Waals surface area contributed by atoms with Gasteiger partial charge >= 0.3 is 11.9 Å². The number of fused-ring (bicyclic) bond motifs is 1. The molecule has 0 aliphatic rings. The number of aromatic nitrogens is 2. The molecule has 0 aliphatic carbocycles. The van der Waals surface area contributed by atoms with E-state index in [9.17, 15) is 9.59 Å². The van der Waals surface area contributed by atoms with Crippen LogP contribution in [0.1, 0.15) is 0 Å². The molecule has 21 heavy (non-hydrogen) atoms. The molecule has 110 valence electrons. The molecule has 8 heteroatoms. The quantitative estimate of drug-likeness (QED) is 0.644. The zero-order valence-electron chi connectivity index (χ0n) is 11.3. The summed E-state index contributed by atoms with van der Waals surface area (Å²) < 4.78 is 9.86. The average molecular weight is 354 g/mol. The predicted octanol–water partition coefficient (Wildman–Crippen LogP) is 1.97. The third kappa shape index (κ3) is 3.22. The highest BCUT2D eigenvalue weighted by Gasteiger charge is 2.15. The molecule has 0 amide bonds. The Hall–Kier alpha value is -2.35. The fourth-order valence-electron chi connectivity index (χ4n) is 1.69. The van der Waals surface area contributed by atoms with Crippen LogP contribution in [0.3, 0.4) is 0 Å². The molecular weight excluding hydrogens is 342 g/mol. The maximum Gasteiger partial charge on any atom is 0.354 e. The minimum absolute atomic E-state index is 0.0454. The second-order valence-electron chi connectivity index (χ2n) is 3.94. The van der Waals surface area contributed by atoms with Gasteiger partial charge in [-0.25, -0.2) is 9.59 Å². The lowest BCUT2D eigenvalue weighted by Gasteiger charge is -2.09. The molecule has 0 saturated carbocycles. The van der Waals surface area contributed by atoms with Gasteiger partial charge in [-0.1, -0.05) is 6.07 Å². The van der Waals surface area contributed by atoms with Gasteiger partial charge in [-0.05, 0) is 28.1 Å². The number of aromatic amines is 1. The van der Waals surface area contributed by atoms with E-state index in [0.29, 0.717) is 11.2 Å². The molecule has 2 rings (SSSR count). The standard InChI is InChI=1S/C13H12BrN3O4/c1-20-10(18)6-9(13(19)21-2)15-8-5-3-4-7-11(8)16-17-12(7)14/h3-6,15H,1-2H3,(H,16,17)/b9-6+. The van der Waals surface area contributed by atoms with E-state index in [2.05, 4.69) is 40.9 Å². The summed E-state index contributed by atoms with van der Waals surface area (Å²) in [5.41, 5.74) is 1.12. The number of rotatable bonds is 4. The van der Waals surface area contributed by atoms with Crippen molar-refractivity contribution < 1.29 is 19.1 Å². The van der Waals surface area contributed by atoms with E-state index in [1.165, 1.54) is 14.2 Å². The Bertz CT molecular complexity index is 723. The lowest BCUT2D eigenvalue weighted by atomic mass is 10.2. The lowest BCUT2D eigenvalue weighted by molar-refractivity contribution is -0.138. The first-order valence-electron chi connectivity index (χ1n) is 5.84. The van der Waals surface area contributed by atoms with E-state index in [0.717, 1.165) is 16.1 Å². The van der Waals surface area contributed by atoms with Gasteiger partial charge in [0.2, 0.25) is 0 Å². The third-order valence-electron chi connectivity index (χ3n) is 2.68. The number of H-pyrrole nitrogens is 1. The fraction of sp³-hybridized carbons (Fsp3) is 0.154. The number of nitrogens with one attached hydrogen (secondary N) is 2. The van der Waals surface area contributed by atoms with Crippen LogP contribution in [0.25, 0.3) is 10.9 Å². The van der Waals surface area contributed by atoms with E-state index in [1.54, 1.807) is 12.1 Å². The van der Waals surface area contributed by atoms with E-state index < -0.39 is 11.9 Å². The zero-order chi connectivity index (χ0) is 15.4. The van der Waals surface area contributed by atoms with Crippen LogP contribution in [0.2, 0.25) is 0 Å². The summed E-state index contributed by atoms with van der Waals surface area (Å²) in [4.78, 5) is 23.0. The van der Waals surface area contributed by atoms with Crippen LogP contribution in [0, 0.1) is 0 Å². The van der Waals surface area contributed by atoms with Gasteiger partial charge in [0.15, 0.2) is 0 Å². The molecule has 0 atom stereocenters. The summed E-state index contributed by atoms with van der Waals surface area (Å²) in [6.45, 7) is 0. The van der Waals surface area contributed by atoms with Crippen LogP contribution < -0.4 is 5.32 Å². The molecule has 1 heterocycles. The van der Waals surface area contributed by atoms with Gasteiger partial charge in [0.1, 0.15) is 15.8 Å². The summed E-state index contributed by atoms with van der Waals surface area (Å²) in [6.07, 6.45) is 1.02. The number of carbonyl (C=O) groups excluding carboxylic acids is 2. The second-order valence-corrected chi connectivity index (χ2v) is 4.73. The number of methoxy groups -OCH3 is 2. The van der Waals surface area contributed by atoms with Gasteiger partial charge in [0.25, 0.3) is 0 Å². The number of carbonyl (C=O) groups is 2. The molecule has 0 bridgehead atoms. The van der Waals surface area contributed by atoms with Crippen molar-refractivity contribution in [3.8, 4) is 0 Å². The summed E-state index contributed by atoms with van der Waals surface area (Å²) >= 11 is 3.34. The van der Waals surface area contributed by atoms with Crippen molar-refractivity contribution in [1.82, 2.24) is 10.2 Å². The van der Waals surface area contributed by atoms with Crippen LogP contribution in [0.4, 0.5) is 5.69 Å². The summed E-state index contributed by atoms with van der Waals surface area (Å²) in [7, 11) is 2.44. The van der Waals surface area contributed by atoms with Crippen molar-refractivity contribution in [2.24, 2.45) is 0 Å². The Morgan fingerprint density at radius 2 is 2.10 bits per heavy atom. The molecule has 2 aromatic rings. The maximum atomic E-state index is 11.7. The second kappa shape index (κ2) is 6.40. The molecule has 7 nitrogen and oxygen atoms in total. The van der Waals surface area contributed by atoms with Crippen molar-refractivity contribution in [2.45, 2.75) is 0 Å². The molecule has 0 fully saturated rings. The van der Waals surface area contributed by atoms with Crippen LogP contribution in [0.5, 0.6) is 0 Å². The van der Waals surface area contributed by atoms with E-state index in [1.807, 2.05) is 6.07 Å². The smallest absolute Gasteiger partial charge is 0.354 e. The summed E-state index contributed by atoms with van der Waals surface area (Å²) in [5, 5.41) is 10.6. The number of hydrogen-bond donors (Lipinski definition) is 2. The summed E-state index contributed by atoms with van der Waals surface area (Å²) in [5.74, 6) is -1.36. The number of halogens is 1. The molecule has 2 N–H and O–H groups in total. The first-order valence-corrected chi connectivity index (χ1v) is 6.63.